The van der Waals surface area contributed by atoms with Gasteiger partial charge in [0, 0.05) is 32.0 Å². The number of phosphoric acid groups is 1. The van der Waals surface area contributed by atoms with Crippen molar-refractivity contribution < 1.29 is 27.3 Å². The number of aryl methyl sites for hydroxylation is 1. The number of aromatic amines is 1. The number of hydrogen-bond acceptors (Lipinski definition) is 8. The summed E-state index contributed by atoms with van der Waals surface area (Å²) in [6, 6.07) is -0.0755. The summed E-state index contributed by atoms with van der Waals surface area (Å²) in [5.41, 5.74) is -0.373. The first-order valence-corrected chi connectivity index (χ1v) is 10.2. The molecule has 1 saturated carbocycles. The van der Waals surface area contributed by atoms with Gasteiger partial charge in [0.05, 0.1) is 6.61 Å². The molecule has 0 spiro atoms. The standard InChI is InChI=1S/C13H22N2O8P2/c1-9-7-15(13(17)14-12(9)16)11-5-4-10(6-11)8-22-25(19,21-3)23-24(18)20-2/h7,10-11,18H,4-6,8H2,1-3H3,(H,14,16,17). The molecule has 10 nitrogen and oxygen atoms in total. The van der Waals surface area contributed by atoms with Crippen LogP contribution in [0.1, 0.15) is 30.9 Å². The van der Waals surface area contributed by atoms with E-state index in [0.717, 1.165) is 20.0 Å². The Morgan fingerprint density at radius 2 is 2.12 bits per heavy atom. The van der Waals surface area contributed by atoms with E-state index in [1.165, 1.54) is 11.7 Å². The number of rotatable bonds is 8. The fraction of sp³-hybridized carbons (Fsp3) is 0.692. The van der Waals surface area contributed by atoms with Gasteiger partial charge >= 0.3 is 22.1 Å². The Balaban J connectivity index is 1.97. The lowest BCUT2D eigenvalue weighted by Crippen LogP contribution is -2.32. The van der Waals surface area contributed by atoms with Crippen LogP contribution in [-0.4, -0.2) is 35.3 Å². The normalized spacial score (nSPS) is 24.2. The highest BCUT2D eigenvalue weighted by Crippen LogP contribution is 2.59. The third-order valence-corrected chi connectivity index (χ3v) is 6.65. The minimum absolute atomic E-state index is 0.0312. The molecule has 0 aromatic carbocycles. The molecule has 12 heteroatoms. The maximum Gasteiger partial charge on any atom is 0.481 e. The molecular weight excluding hydrogens is 374 g/mol. The summed E-state index contributed by atoms with van der Waals surface area (Å²) >= 11 is 0. The Bertz CT molecular complexity index is 748. The second-order valence-corrected chi connectivity index (χ2v) is 8.75. The van der Waals surface area contributed by atoms with Crippen molar-refractivity contribution in [2.75, 3.05) is 20.8 Å². The first-order valence-electron chi connectivity index (χ1n) is 7.63. The van der Waals surface area contributed by atoms with Gasteiger partial charge in [0.1, 0.15) is 0 Å². The first-order chi connectivity index (χ1) is 11.8. The van der Waals surface area contributed by atoms with Crippen LogP contribution in [0.3, 0.4) is 0 Å². The van der Waals surface area contributed by atoms with Crippen molar-refractivity contribution in [2.45, 2.75) is 32.2 Å². The molecule has 1 aliphatic rings. The Hall–Kier alpha value is -0.860. The van der Waals surface area contributed by atoms with Gasteiger partial charge in [-0.15, -0.1) is 0 Å². The number of nitrogens with zero attached hydrogens (tertiary/aromatic N) is 1. The van der Waals surface area contributed by atoms with E-state index in [1.807, 2.05) is 0 Å². The molecule has 1 aromatic heterocycles. The molecule has 0 aliphatic heterocycles. The van der Waals surface area contributed by atoms with Gasteiger partial charge in [-0.05, 0) is 32.1 Å². The van der Waals surface area contributed by atoms with E-state index in [9.17, 15) is 19.0 Å². The predicted octanol–water partition coefficient (Wildman–Crippen LogP) is 1.84. The summed E-state index contributed by atoms with van der Waals surface area (Å²) in [5, 5.41) is 0. The Labute approximate surface area is 145 Å². The highest BCUT2D eigenvalue weighted by atomic mass is 31.3. The zero-order chi connectivity index (χ0) is 18.6. The monoisotopic (exact) mass is 396 g/mol. The lowest BCUT2D eigenvalue weighted by molar-refractivity contribution is 0.147. The van der Waals surface area contributed by atoms with Crippen LogP contribution < -0.4 is 11.2 Å². The minimum Gasteiger partial charge on any atom is -0.328 e. The van der Waals surface area contributed by atoms with Crippen molar-refractivity contribution in [3.05, 3.63) is 32.6 Å². The Morgan fingerprint density at radius 1 is 1.40 bits per heavy atom. The van der Waals surface area contributed by atoms with Crippen molar-refractivity contribution in [3.63, 3.8) is 0 Å². The molecule has 1 aromatic rings. The zero-order valence-electron chi connectivity index (χ0n) is 14.2. The van der Waals surface area contributed by atoms with Crippen molar-refractivity contribution in [3.8, 4) is 0 Å². The van der Waals surface area contributed by atoms with Gasteiger partial charge in [0.2, 0.25) is 0 Å². The van der Waals surface area contributed by atoms with Gasteiger partial charge < -0.3 is 9.42 Å². The zero-order valence-corrected chi connectivity index (χ0v) is 16.0. The van der Waals surface area contributed by atoms with Crippen molar-refractivity contribution >= 4 is 16.4 Å². The summed E-state index contributed by atoms with van der Waals surface area (Å²) < 4.78 is 33.0. The second-order valence-electron chi connectivity index (χ2n) is 5.74. The summed E-state index contributed by atoms with van der Waals surface area (Å²) in [7, 11) is -3.89. The van der Waals surface area contributed by atoms with Crippen LogP contribution >= 0.6 is 16.4 Å². The summed E-state index contributed by atoms with van der Waals surface area (Å²) in [6.45, 7) is 1.73. The van der Waals surface area contributed by atoms with Gasteiger partial charge in [-0.3, -0.25) is 23.4 Å². The molecule has 4 atom stereocenters. The Kier molecular flexibility index (Phi) is 7.10. The molecule has 142 valence electrons. The molecule has 2 rings (SSSR count). The van der Waals surface area contributed by atoms with Crippen molar-refractivity contribution in [1.82, 2.24) is 9.55 Å². The van der Waals surface area contributed by atoms with Crippen LogP contribution in [0.4, 0.5) is 0 Å². The largest absolute Gasteiger partial charge is 0.481 e. The van der Waals surface area contributed by atoms with Crippen LogP contribution in [0.5, 0.6) is 0 Å². The smallest absolute Gasteiger partial charge is 0.328 e. The third-order valence-electron chi connectivity index (χ3n) is 4.07. The van der Waals surface area contributed by atoms with Gasteiger partial charge in [0.25, 0.3) is 5.56 Å². The molecule has 1 heterocycles. The maximum atomic E-state index is 12.2. The molecule has 1 fully saturated rings. The fourth-order valence-electron chi connectivity index (χ4n) is 2.74. The molecule has 25 heavy (non-hydrogen) atoms. The van der Waals surface area contributed by atoms with Crippen LogP contribution in [-0.2, 0) is 22.4 Å². The minimum atomic E-state index is -3.90. The number of hydrogen-bond donors (Lipinski definition) is 2. The predicted molar refractivity (Wildman–Crippen MR) is 90.2 cm³/mol. The van der Waals surface area contributed by atoms with Gasteiger partial charge in [-0.25, -0.2) is 13.7 Å². The van der Waals surface area contributed by atoms with E-state index < -0.39 is 27.7 Å². The highest BCUT2D eigenvalue weighted by Gasteiger charge is 2.34. The maximum absolute atomic E-state index is 12.2. The van der Waals surface area contributed by atoms with E-state index in [2.05, 4.69) is 9.51 Å². The van der Waals surface area contributed by atoms with E-state index >= 15 is 0 Å². The van der Waals surface area contributed by atoms with Crippen molar-refractivity contribution in [1.29, 1.82) is 0 Å². The number of aromatic nitrogens is 2. The molecule has 4 unspecified atom stereocenters. The third kappa shape index (κ3) is 5.31. The van der Waals surface area contributed by atoms with E-state index in [1.54, 1.807) is 13.1 Å². The van der Waals surface area contributed by atoms with Gasteiger partial charge in [-0.1, -0.05) is 0 Å². The summed E-state index contributed by atoms with van der Waals surface area (Å²) in [4.78, 5) is 35.0. The van der Waals surface area contributed by atoms with E-state index in [-0.39, 0.29) is 18.6 Å². The lowest BCUT2D eigenvalue weighted by atomic mass is 10.1. The molecule has 2 N–H and O–H groups in total. The summed E-state index contributed by atoms with van der Waals surface area (Å²) in [5.74, 6) is 0.0312. The molecule has 0 amide bonds. The average Bonchev–Trinajstić information content (AvgIpc) is 3.05. The molecule has 0 bridgehead atoms. The van der Waals surface area contributed by atoms with Gasteiger partial charge in [-0.2, -0.15) is 0 Å². The van der Waals surface area contributed by atoms with Crippen LogP contribution in [0.2, 0.25) is 0 Å². The Morgan fingerprint density at radius 3 is 2.76 bits per heavy atom. The highest BCUT2D eigenvalue weighted by molar-refractivity contribution is 7.58. The fourth-order valence-corrected chi connectivity index (χ4v) is 4.64. The lowest BCUT2D eigenvalue weighted by Gasteiger charge is -2.19. The molecular formula is C13H22N2O8P2. The number of nitrogens with one attached hydrogen (secondary N) is 1. The van der Waals surface area contributed by atoms with Crippen LogP contribution in [0.25, 0.3) is 0 Å². The van der Waals surface area contributed by atoms with E-state index in [0.29, 0.717) is 12.0 Å². The quantitative estimate of drug-likeness (QED) is 0.637. The molecule has 0 radical (unpaired) electrons. The van der Waals surface area contributed by atoms with E-state index in [4.69, 9.17) is 13.4 Å². The summed E-state index contributed by atoms with van der Waals surface area (Å²) in [6.07, 6.45) is 3.64. The average molecular weight is 396 g/mol. The molecule has 1 aliphatic carbocycles. The van der Waals surface area contributed by atoms with Crippen LogP contribution in [0, 0.1) is 12.8 Å². The molecule has 0 saturated heterocycles. The van der Waals surface area contributed by atoms with Gasteiger partial charge in [0.15, 0.2) is 0 Å². The number of H-pyrrole nitrogens is 1. The number of phosphoric ester groups is 1. The SMILES string of the molecule is COP(O)OP(=O)(OC)OCC1CCC(n2cc(C)c(=O)[nH]c2=O)C1. The van der Waals surface area contributed by atoms with Crippen molar-refractivity contribution in [2.24, 2.45) is 5.92 Å². The topological polar surface area (TPSA) is 129 Å². The first kappa shape index (κ1) is 20.5. The second kappa shape index (κ2) is 8.68. The van der Waals surface area contributed by atoms with Crippen LogP contribution in [0.15, 0.2) is 15.8 Å².